The van der Waals surface area contributed by atoms with Crippen molar-refractivity contribution in [2.45, 2.75) is 45.6 Å². The Labute approximate surface area is 243 Å². The summed E-state index contributed by atoms with van der Waals surface area (Å²) in [5.41, 5.74) is 1.49. The molecule has 2 heterocycles. The number of likely N-dealkylation sites (N-methyl/N-ethyl adjacent to an activating group) is 1. The number of aromatic hydroxyl groups is 2. The number of carbonyl (C=O) groups is 3. The molecule has 1 fully saturated rings. The van der Waals surface area contributed by atoms with Crippen molar-refractivity contribution in [1.29, 1.82) is 0 Å². The number of carbonyl (C=O) groups excluding carboxylic acids is 2. The lowest BCUT2D eigenvalue weighted by atomic mass is 9.98. The Balaban J connectivity index is 1.55. The van der Waals surface area contributed by atoms with Crippen molar-refractivity contribution in [3.63, 3.8) is 0 Å². The van der Waals surface area contributed by atoms with Crippen LogP contribution in [0.5, 0.6) is 17.2 Å². The number of hydrogen-bond donors (Lipinski definition) is 4. The highest BCUT2D eigenvalue weighted by Crippen LogP contribution is 2.38. The number of nitrogens with zero attached hydrogens (tertiary/aromatic N) is 5. The molecule has 3 amide bonds. The van der Waals surface area contributed by atoms with Crippen molar-refractivity contribution in [2.24, 2.45) is 0 Å². The minimum Gasteiger partial charge on any atom is -0.508 e. The molecule has 13 heteroatoms. The van der Waals surface area contributed by atoms with Crippen LogP contribution in [0.4, 0.5) is 4.79 Å². The van der Waals surface area contributed by atoms with Gasteiger partial charge in [0.15, 0.2) is 5.82 Å². The van der Waals surface area contributed by atoms with Crippen LogP contribution < -0.4 is 10.1 Å². The monoisotopic (exact) mass is 580 g/mol. The van der Waals surface area contributed by atoms with E-state index >= 15 is 0 Å². The van der Waals surface area contributed by atoms with Crippen LogP contribution in [0.3, 0.4) is 0 Å². The molecule has 4 N–H and O–H groups in total. The number of ether oxygens (including phenoxy) is 1. The van der Waals surface area contributed by atoms with Gasteiger partial charge in [-0.3, -0.25) is 14.2 Å². The molecular weight excluding hydrogens is 544 g/mol. The van der Waals surface area contributed by atoms with Gasteiger partial charge < -0.3 is 35.2 Å². The molecule has 0 saturated carbocycles. The molecule has 1 aromatic heterocycles. The molecule has 1 aliphatic rings. The summed E-state index contributed by atoms with van der Waals surface area (Å²) in [7, 11) is 1.36. The van der Waals surface area contributed by atoms with Crippen molar-refractivity contribution in [3.05, 3.63) is 47.8 Å². The lowest BCUT2D eigenvalue weighted by Crippen LogP contribution is -2.46. The summed E-state index contributed by atoms with van der Waals surface area (Å²) in [4.78, 5) is 38.8. The first-order valence-corrected chi connectivity index (χ1v) is 13.8. The third-order valence-electron chi connectivity index (χ3n) is 7.10. The van der Waals surface area contributed by atoms with E-state index in [1.807, 2.05) is 13.8 Å². The number of amides is 3. The van der Waals surface area contributed by atoms with Gasteiger partial charge in [0.1, 0.15) is 29.9 Å². The summed E-state index contributed by atoms with van der Waals surface area (Å²) in [6, 6.07) is 9.94. The standard InChI is InChI=1S/C29H36N6O7/c1-5-30-28(39)27-32-31-26(22-14-21(17(2)3)23(36)15-24(22)37)35(27)18-6-8-19(9-7-18)42-20-10-12-34(13-11-20)25(38)16-33(4)29(40)41/h6-9,14-15,17,20,36-37H,5,10-13,16H2,1-4H3,(H,30,39)(H,40,41). The zero-order valence-electron chi connectivity index (χ0n) is 24.1. The topological polar surface area (TPSA) is 170 Å². The molecular formula is C29H36N6O7. The van der Waals surface area contributed by atoms with Crippen molar-refractivity contribution in [2.75, 3.05) is 33.2 Å². The van der Waals surface area contributed by atoms with Crippen LogP contribution in [-0.2, 0) is 4.79 Å². The molecule has 0 unspecified atom stereocenters. The van der Waals surface area contributed by atoms with Crippen molar-refractivity contribution in [1.82, 2.24) is 29.9 Å². The molecule has 0 spiro atoms. The third kappa shape index (κ3) is 6.56. The first-order valence-electron chi connectivity index (χ1n) is 13.8. The Morgan fingerprint density at radius 1 is 1.07 bits per heavy atom. The number of carboxylic acid groups (broad SMARTS) is 1. The summed E-state index contributed by atoms with van der Waals surface area (Å²) >= 11 is 0. The molecule has 3 aromatic rings. The van der Waals surface area contributed by atoms with E-state index in [1.54, 1.807) is 46.7 Å². The fourth-order valence-corrected chi connectivity index (χ4v) is 4.79. The fraction of sp³-hybridized carbons (Fsp3) is 0.414. The zero-order valence-corrected chi connectivity index (χ0v) is 24.1. The fourth-order valence-electron chi connectivity index (χ4n) is 4.79. The van der Waals surface area contributed by atoms with E-state index in [2.05, 4.69) is 15.5 Å². The van der Waals surface area contributed by atoms with E-state index in [0.717, 1.165) is 4.90 Å². The smallest absolute Gasteiger partial charge is 0.407 e. The molecule has 0 radical (unpaired) electrons. The minimum absolute atomic E-state index is 0.0314. The summed E-state index contributed by atoms with van der Waals surface area (Å²) in [5.74, 6) is -0.0863. The summed E-state index contributed by atoms with van der Waals surface area (Å²) < 4.78 is 7.70. The summed E-state index contributed by atoms with van der Waals surface area (Å²) in [5, 5.41) is 41.1. The lowest BCUT2D eigenvalue weighted by molar-refractivity contribution is -0.133. The van der Waals surface area contributed by atoms with Crippen LogP contribution in [-0.4, -0.2) is 97.1 Å². The zero-order chi connectivity index (χ0) is 30.6. The maximum absolute atomic E-state index is 12.9. The molecule has 1 aliphatic heterocycles. The lowest BCUT2D eigenvalue weighted by Gasteiger charge is -2.33. The Bertz CT molecular complexity index is 1450. The van der Waals surface area contributed by atoms with Crippen LogP contribution in [0.1, 0.15) is 55.7 Å². The average molecular weight is 581 g/mol. The van der Waals surface area contributed by atoms with Gasteiger partial charge in [-0.2, -0.15) is 0 Å². The average Bonchev–Trinajstić information content (AvgIpc) is 3.38. The highest BCUT2D eigenvalue weighted by Gasteiger charge is 2.27. The number of phenolic OH excluding ortho intramolecular Hbond substituents is 2. The van der Waals surface area contributed by atoms with Gasteiger partial charge in [0.2, 0.25) is 11.7 Å². The minimum atomic E-state index is -1.15. The maximum Gasteiger partial charge on any atom is 0.407 e. The number of phenols is 2. The van der Waals surface area contributed by atoms with Crippen molar-refractivity contribution < 1.29 is 34.4 Å². The van der Waals surface area contributed by atoms with Gasteiger partial charge in [0, 0.05) is 51.3 Å². The van der Waals surface area contributed by atoms with Gasteiger partial charge in [0.25, 0.3) is 5.91 Å². The second-order valence-corrected chi connectivity index (χ2v) is 10.5. The first-order chi connectivity index (χ1) is 20.0. The number of nitrogens with one attached hydrogen (secondary N) is 1. The number of aromatic nitrogens is 3. The number of benzene rings is 2. The van der Waals surface area contributed by atoms with Crippen molar-refractivity contribution >= 4 is 17.9 Å². The van der Waals surface area contributed by atoms with Crippen LogP contribution in [0.2, 0.25) is 0 Å². The maximum atomic E-state index is 12.9. The van der Waals surface area contributed by atoms with Gasteiger partial charge in [-0.15, -0.1) is 10.2 Å². The van der Waals surface area contributed by atoms with E-state index < -0.39 is 12.0 Å². The predicted octanol–water partition coefficient (Wildman–Crippen LogP) is 3.20. The molecule has 224 valence electrons. The van der Waals surface area contributed by atoms with E-state index in [4.69, 9.17) is 9.84 Å². The molecule has 1 saturated heterocycles. The number of piperidine rings is 1. The molecule has 0 aliphatic carbocycles. The Kier molecular flexibility index (Phi) is 9.18. The molecule has 4 rings (SSSR count). The molecule has 2 aromatic carbocycles. The second-order valence-electron chi connectivity index (χ2n) is 10.5. The third-order valence-corrected chi connectivity index (χ3v) is 7.10. The molecule has 0 atom stereocenters. The number of likely N-dealkylation sites (tertiary alicyclic amines) is 1. The summed E-state index contributed by atoms with van der Waals surface area (Å²) in [6.07, 6.45) is -0.0854. The van der Waals surface area contributed by atoms with Crippen LogP contribution in [0.15, 0.2) is 36.4 Å². The van der Waals surface area contributed by atoms with Crippen LogP contribution in [0, 0.1) is 0 Å². The van der Waals surface area contributed by atoms with E-state index in [0.29, 0.717) is 55.0 Å². The normalized spacial score (nSPS) is 13.7. The van der Waals surface area contributed by atoms with Crippen molar-refractivity contribution in [3.8, 4) is 34.3 Å². The largest absolute Gasteiger partial charge is 0.508 e. The Hall–Kier alpha value is -4.81. The highest BCUT2D eigenvalue weighted by atomic mass is 16.5. The second kappa shape index (κ2) is 12.8. The van der Waals surface area contributed by atoms with Crippen LogP contribution >= 0.6 is 0 Å². The van der Waals surface area contributed by atoms with Gasteiger partial charge in [-0.25, -0.2) is 4.79 Å². The first kappa shape index (κ1) is 30.2. The Morgan fingerprint density at radius 2 is 1.74 bits per heavy atom. The van der Waals surface area contributed by atoms with E-state index in [9.17, 15) is 24.6 Å². The number of hydrogen-bond acceptors (Lipinski definition) is 8. The highest BCUT2D eigenvalue weighted by molar-refractivity contribution is 5.92. The van der Waals surface area contributed by atoms with Gasteiger partial charge in [0.05, 0.1) is 5.56 Å². The SMILES string of the molecule is CCNC(=O)c1nnc(-c2cc(C(C)C)c(O)cc2O)n1-c1ccc(OC2CCN(C(=O)CN(C)C(=O)O)CC2)cc1. The molecule has 0 bridgehead atoms. The van der Waals surface area contributed by atoms with Crippen LogP contribution in [0.25, 0.3) is 17.1 Å². The molecule has 42 heavy (non-hydrogen) atoms. The summed E-state index contributed by atoms with van der Waals surface area (Å²) in [6.45, 7) is 6.75. The van der Waals surface area contributed by atoms with E-state index in [-0.39, 0.29) is 47.6 Å². The van der Waals surface area contributed by atoms with Gasteiger partial charge in [-0.1, -0.05) is 13.8 Å². The van der Waals surface area contributed by atoms with Gasteiger partial charge in [-0.05, 0) is 48.7 Å². The van der Waals surface area contributed by atoms with Gasteiger partial charge >= 0.3 is 6.09 Å². The number of rotatable bonds is 9. The Morgan fingerprint density at radius 3 is 2.33 bits per heavy atom. The van der Waals surface area contributed by atoms with E-state index in [1.165, 1.54) is 13.1 Å². The predicted molar refractivity (Wildman–Crippen MR) is 153 cm³/mol. The quantitative estimate of drug-likeness (QED) is 0.297. The molecule has 13 nitrogen and oxygen atoms in total.